The predicted octanol–water partition coefficient (Wildman–Crippen LogP) is 2.63. The standard InChI is InChI=1S/C17H16N4O4S/c1-8-14(10(3)22)9(2)18-15(8)17(24)25-7-13(23)19-11-5-4-6-12-16(11)21-26-20-12/h4-6,18H,7H2,1-3H3,(H,19,23). The van der Waals surface area contributed by atoms with Crippen molar-refractivity contribution < 1.29 is 19.1 Å². The molecule has 3 rings (SSSR count). The third-order valence-corrected chi connectivity index (χ3v) is 4.43. The van der Waals surface area contributed by atoms with Crippen LogP contribution in [0.25, 0.3) is 11.0 Å². The van der Waals surface area contributed by atoms with E-state index in [2.05, 4.69) is 19.0 Å². The highest BCUT2D eigenvalue weighted by molar-refractivity contribution is 7.00. The molecule has 1 aromatic carbocycles. The summed E-state index contributed by atoms with van der Waals surface area (Å²) in [7, 11) is 0. The van der Waals surface area contributed by atoms with Gasteiger partial charge in [0.15, 0.2) is 12.4 Å². The summed E-state index contributed by atoms with van der Waals surface area (Å²) in [5.74, 6) is -1.33. The molecule has 2 heterocycles. The van der Waals surface area contributed by atoms with Gasteiger partial charge in [-0.15, -0.1) is 0 Å². The molecule has 1 amide bonds. The van der Waals surface area contributed by atoms with E-state index in [1.165, 1.54) is 6.92 Å². The normalized spacial score (nSPS) is 10.7. The number of carbonyl (C=O) groups is 3. The number of aryl methyl sites for hydroxylation is 1. The van der Waals surface area contributed by atoms with Gasteiger partial charge in [-0.1, -0.05) is 6.07 Å². The van der Waals surface area contributed by atoms with Crippen molar-refractivity contribution in [2.75, 3.05) is 11.9 Å². The van der Waals surface area contributed by atoms with Gasteiger partial charge in [-0.3, -0.25) is 9.59 Å². The largest absolute Gasteiger partial charge is 0.451 e. The zero-order valence-electron chi connectivity index (χ0n) is 14.4. The lowest BCUT2D eigenvalue weighted by Gasteiger charge is -2.07. The van der Waals surface area contributed by atoms with Crippen LogP contribution in [0.2, 0.25) is 0 Å². The molecular formula is C17H16N4O4S. The predicted molar refractivity (Wildman–Crippen MR) is 96.6 cm³/mol. The molecule has 0 saturated carbocycles. The number of H-pyrrole nitrogens is 1. The molecule has 0 fully saturated rings. The fourth-order valence-corrected chi connectivity index (χ4v) is 3.33. The van der Waals surface area contributed by atoms with Gasteiger partial charge in [0.1, 0.15) is 16.7 Å². The molecule has 0 aliphatic rings. The summed E-state index contributed by atoms with van der Waals surface area (Å²) >= 11 is 1.05. The van der Waals surface area contributed by atoms with Crippen LogP contribution in [0, 0.1) is 13.8 Å². The number of nitrogens with one attached hydrogen (secondary N) is 2. The van der Waals surface area contributed by atoms with E-state index >= 15 is 0 Å². The Labute approximate surface area is 152 Å². The summed E-state index contributed by atoms with van der Waals surface area (Å²) in [6, 6.07) is 5.23. The van der Waals surface area contributed by atoms with Crippen LogP contribution in [0.1, 0.15) is 39.0 Å². The summed E-state index contributed by atoms with van der Waals surface area (Å²) < 4.78 is 13.3. The van der Waals surface area contributed by atoms with Crippen LogP contribution in [0.5, 0.6) is 0 Å². The first-order valence-corrected chi connectivity index (χ1v) is 8.50. The zero-order valence-corrected chi connectivity index (χ0v) is 15.2. The second-order valence-electron chi connectivity index (χ2n) is 5.74. The number of ketones is 1. The van der Waals surface area contributed by atoms with Gasteiger partial charge in [0, 0.05) is 11.3 Å². The van der Waals surface area contributed by atoms with E-state index in [0.29, 0.717) is 33.5 Å². The lowest BCUT2D eigenvalue weighted by molar-refractivity contribution is -0.119. The van der Waals surface area contributed by atoms with E-state index in [-0.39, 0.29) is 11.5 Å². The topological polar surface area (TPSA) is 114 Å². The molecule has 0 unspecified atom stereocenters. The maximum Gasteiger partial charge on any atom is 0.355 e. The molecule has 0 aliphatic carbocycles. The second-order valence-corrected chi connectivity index (χ2v) is 6.27. The molecule has 9 heteroatoms. The number of ether oxygens (including phenoxy) is 1. The van der Waals surface area contributed by atoms with E-state index in [1.54, 1.807) is 32.0 Å². The Balaban J connectivity index is 1.66. The number of hydrogen-bond acceptors (Lipinski definition) is 7. The maximum atomic E-state index is 12.2. The van der Waals surface area contributed by atoms with Crippen LogP contribution in [0.4, 0.5) is 5.69 Å². The zero-order chi connectivity index (χ0) is 18.8. The van der Waals surface area contributed by atoms with Crippen molar-refractivity contribution in [1.82, 2.24) is 13.7 Å². The average molecular weight is 372 g/mol. The summed E-state index contributed by atoms with van der Waals surface area (Å²) in [5.41, 5.74) is 3.50. The smallest absolute Gasteiger partial charge is 0.355 e. The first kappa shape index (κ1) is 17.7. The molecular weight excluding hydrogens is 356 g/mol. The maximum absolute atomic E-state index is 12.2. The van der Waals surface area contributed by atoms with Crippen LogP contribution < -0.4 is 5.32 Å². The van der Waals surface area contributed by atoms with Crippen molar-refractivity contribution in [1.29, 1.82) is 0 Å². The van der Waals surface area contributed by atoms with Gasteiger partial charge in [0.25, 0.3) is 5.91 Å². The summed E-state index contributed by atoms with van der Waals surface area (Å²) in [6.45, 7) is 4.34. The lowest BCUT2D eigenvalue weighted by Crippen LogP contribution is -2.21. The number of carbonyl (C=O) groups excluding carboxylic acids is 3. The van der Waals surface area contributed by atoms with Crippen molar-refractivity contribution in [2.45, 2.75) is 20.8 Å². The quantitative estimate of drug-likeness (QED) is 0.526. The van der Waals surface area contributed by atoms with Gasteiger partial charge in [0.05, 0.1) is 17.4 Å². The Morgan fingerprint density at radius 1 is 1.23 bits per heavy atom. The van der Waals surface area contributed by atoms with E-state index < -0.39 is 18.5 Å². The average Bonchev–Trinajstić information content (AvgIpc) is 3.17. The van der Waals surface area contributed by atoms with Crippen molar-refractivity contribution >= 4 is 46.1 Å². The fraction of sp³-hybridized carbons (Fsp3) is 0.235. The number of aromatic nitrogens is 3. The molecule has 134 valence electrons. The van der Waals surface area contributed by atoms with E-state index in [9.17, 15) is 14.4 Å². The van der Waals surface area contributed by atoms with Crippen LogP contribution in [0.15, 0.2) is 18.2 Å². The number of aromatic amines is 1. The second kappa shape index (κ2) is 7.04. The monoisotopic (exact) mass is 372 g/mol. The highest BCUT2D eigenvalue weighted by Crippen LogP contribution is 2.21. The molecule has 2 N–H and O–H groups in total. The first-order valence-electron chi connectivity index (χ1n) is 7.77. The highest BCUT2D eigenvalue weighted by atomic mass is 32.1. The number of Topliss-reactive ketones (excluding diaryl/α,β-unsaturated/α-hetero) is 1. The number of esters is 1. The molecule has 26 heavy (non-hydrogen) atoms. The summed E-state index contributed by atoms with van der Waals surface area (Å²) in [6.07, 6.45) is 0. The van der Waals surface area contributed by atoms with Gasteiger partial charge in [-0.2, -0.15) is 8.75 Å². The first-order chi connectivity index (χ1) is 12.4. The van der Waals surface area contributed by atoms with Crippen molar-refractivity contribution in [2.24, 2.45) is 0 Å². The number of rotatable bonds is 5. The van der Waals surface area contributed by atoms with E-state index in [1.807, 2.05) is 0 Å². The number of benzene rings is 1. The van der Waals surface area contributed by atoms with Crippen LogP contribution in [-0.2, 0) is 9.53 Å². The van der Waals surface area contributed by atoms with Gasteiger partial charge >= 0.3 is 5.97 Å². The van der Waals surface area contributed by atoms with Crippen molar-refractivity contribution in [3.63, 3.8) is 0 Å². The molecule has 0 aliphatic heterocycles. The number of nitrogens with zero attached hydrogens (tertiary/aromatic N) is 2. The van der Waals surface area contributed by atoms with Gasteiger partial charge in [-0.05, 0) is 38.5 Å². The molecule has 2 aromatic heterocycles. The number of amides is 1. The molecule has 0 spiro atoms. The minimum Gasteiger partial charge on any atom is -0.451 e. The molecule has 0 saturated heterocycles. The number of hydrogen-bond donors (Lipinski definition) is 2. The van der Waals surface area contributed by atoms with Crippen LogP contribution >= 0.6 is 11.7 Å². The fourth-order valence-electron chi connectivity index (χ4n) is 2.78. The van der Waals surface area contributed by atoms with Crippen LogP contribution in [0.3, 0.4) is 0 Å². The van der Waals surface area contributed by atoms with Crippen molar-refractivity contribution in [3.8, 4) is 0 Å². The molecule has 3 aromatic rings. The van der Waals surface area contributed by atoms with Crippen LogP contribution in [-0.4, -0.2) is 38.0 Å². The molecule has 8 nitrogen and oxygen atoms in total. The van der Waals surface area contributed by atoms with E-state index in [4.69, 9.17) is 4.74 Å². The summed E-state index contributed by atoms with van der Waals surface area (Å²) in [5, 5.41) is 2.65. The van der Waals surface area contributed by atoms with Gasteiger partial charge < -0.3 is 15.0 Å². The number of fused-ring (bicyclic) bond motifs is 1. The third kappa shape index (κ3) is 3.33. The Morgan fingerprint density at radius 2 is 2.00 bits per heavy atom. The Hall–Kier alpha value is -3.07. The lowest BCUT2D eigenvalue weighted by atomic mass is 10.1. The van der Waals surface area contributed by atoms with Gasteiger partial charge in [0.2, 0.25) is 0 Å². The van der Waals surface area contributed by atoms with Crippen molar-refractivity contribution in [3.05, 3.63) is 40.7 Å². The SMILES string of the molecule is CC(=O)c1c(C)[nH]c(C(=O)OCC(=O)Nc2cccc3nsnc23)c1C. The molecule has 0 bridgehead atoms. The van der Waals surface area contributed by atoms with Gasteiger partial charge in [-0.25, -0.2) is 4.79 Å². The van der Waals surface area contributed by atoms with E-state index in [0.717, 1.165) is 11.7 Å². The Bertz CT molecular complexity index is 1020. The third-order valence-electron chi connectivity index (χ3n) is 3.89. The molecule has 0 radical (unpaired) electrons. The minimum atomic E-state index is -0.693. The Kier molecular flexibility index (Phi) is 4.81. The number of anilines is 1. The minimum absolute atomic E-state index is 0.141. The summed E-state index contributed by atoms with van der Waals surface area (Å²) in [4.78, 5) is 38.8. The highest BCUT2D eigenvalue weighted by Gasteiger charge is 2.21. The molecule has 0 atom stereocenters. The Morgan fingerprint density at radius 3 is 2.69 bits per heavy atom.